The van der Waals surface area contributed by atoms with E-state index < -0.39 is 0 Å². The van der Waals surface area contributed by atoms with Crippen LogP contribution in [0, 0.1) is 0 Å². The average molecular weight is 271 g/mol. The Kier molecular flexibility index (Phi) is 3.74. The number of hydrogen-bond acceptors (Lipinski definition) is 2. The molecule has 20 heavy (non-hydrogen) atoms. The zero-order valence-corrected chi connectivity index (χ0v) is 11.9. The molecule has 1 saturated heterocycles. The van der Waals surface area contributed by atoms with Crippen LogP contribution in [0.25, 0.3) is 10.9 Å². The third-order valence-electron chi connectivity index (χ3n) is 4.12. The molecule has 0 aliphatic carbocycles. The maximum absolute atomic E-state index is 12.5. The predicted molar refractivity (Wildman–Crippen MR) is 80.9 cm³/mol. The Hall–Kier alpha value is -1.81. The quantitative estimate of drug-likeness (QED) is 0.900. The number of hydrogen-bond donors (Lipinski definition) is 2. The smallest absolute Gasteiger partial charge is 0.253 e. The van der Waals surface area contributed by atoms with Gasteiger partial charge < -0.3 is 15.2 Å². The monoisotopic (exact) mass is 271 g/mol. The molecule has 1 atom stereocenters. The number of rotatable bonds is 3. The summed E-state index contributed by atoms with van der Waals surface area (Å²) in [5, 5.41) is 4.26. The van der Waals surface area contributed by atoms with Crippen molar-refractivity contribution in [3.05, 3.63) is 36.0 Å². The van der Waals surface area contributed by atoms with Gasteiger partial charge in [0, 0.05) is 24.2 Å². The van der Waals surface area contributed by atoms with Gasteiger partial charge in [0.25, 0.3) is 5.91 Å². The average Bonchev–Trinajstić information content (AvgIpc) is 2.95. The summed E-state index contributed by atoms with van der Waals surface area (Å²) in [6.45, 7) is 5.33. The van der Waals surface area contributed by atoms with Gasteiger partial charge in [0.2, 0.25) is 0 Å². The van der Waals surface area contributed by atoms with Crippen molar-refractivity contribution in [2.75, 3.05) is 19.6 Å². The molecule has 0 spiro atoms. The van der Waals surface area contributed by atoms with Gasteiger partial charge in [-0.3, -0.25) is 4.79 Å². The highest BCUT2D eigenvalue weighted by Gasteiger charge is 2.21. The Morgan fingerprint density at radius 3 is 3.20 bits per heavy atom. The molecule has 4 nitrogen and oxygen atoms in total. The van der Waals surface area contributed by atoms with Gasteiger partial charge in [-0.05, 0) is 38.1 Å². The van der Waals surface area contributed by atoms with Gasteiger partial charge >= 0.3 is 0 Å². The molecular weight excluding hydrogens is 250 g/mol. The zero-order chi connectivity index (χ0) is 13.9. The lowest BCUT2D eigenvalue weighted by molar-refractivity contribution is 0.0907. The third-order valence-corrected chi connectivity index (χ3v) is 4.12. The van der Waals surface area contributed by atoms with Crippen LogP contribution < -0.4 is 5.32 Å². The Labute approximate surface area is 119 Å². The van der Waals surface area contributed by atoms with E-state index in [0.29, 0.717) is 0 Å². The second-order valence-electron chi connectivity index (χ2n) is 5.45. The number of nitrogens with zero attached hydrogens (tertiary/aromatic N) is 1. The van der Waals surface area contributed by atoms with Crippen molar-refractivity contribution in [2.24, 2.45) is 0 Å². The molecule has 106 valence electrons. The van der Waals surface area contributed by atoms with Crippen LogP contribution in [0.15, 0.2) is 30.5 Å². The van der Waals surface area contributed by atoms with E-state index in [2.05, 4.69) is 22.1 Å². The van der Waals surface area contributed by atoms with Crippen molar-refractivity contribution in [3.63, 3.8) is 0 Å². The lowest BCUT2D eigenvalue weighted by Crippen LogP contribution is -2.47. The molecule has 1 aromatic carbocycles. The van der Waals surface area contributed by atoms with Gasteiger partial charge in [-0.25, -0.2) is 0 Å². The Morgan fingerprint density at radius 2 is 2.35 bits per heavy atom. The fraction of sp³-hybridized carbons (Fsp3) is 0.438. The van der Waals surface area contributed by atoms with E-state index in [1.807, 2.05) is 30.5 Å². The number of piperidine rings is 1. The summed E-state index contributed by atoms with van der Waals surface area (Å²) < 4.78 is 0. The highest BCUT2D eigenvalue weighted by molar-refractivity contribution is 6.05. The molecule has 0 saturated carbocycles. The van der Waals surface area contributed by atoms with Crippen molar-refractivity contribution >= 4 is 16.8 Å². The molecule has 1 amide bonds. The van der Waals surface area contributed by atoms with Gasteiger partial charge in [-0.2, -0.15) is 0 Å². The Bertz CT molecular complexity index is 605. The molecule has 4 heteroatoms. The molecule has 2 N–H and O–H groups in total. The number of likely N-dealkylation sites (N-methyl/N-ethyl adjacent to an activating group) is 1. The predicted octanol–water partition coefficient (Wildman–Crippen LogP) is 2.38. The number of amides is 1. The van der Waals surface area contributed by atoms with Crippen LogP contribution in [-0.4, -0.2) is 41.5 Å². The number of H-pyrrole nitrogens is 1. The fourth-order valence-corrected chi connectivity index (χ4v) is 3.00. The number of nitrogens with one attached hydrogen (secondary N) is 2. The number of fused-ring (bicyclic) bond motifs is 1. The van der Waals surface area contributed by atoms with Gasteiger partial charge in [-0.15, -0.1) is 0 Å². The summed E-state index contributed by atoms with van der Waals surface area (Å²) >= 11 is 0. The third kappa shape index (κ3) is 2.56. The van der Waals surface area contributed by atoms with Crippen molar-refractivity contribution in [2.45, 2.75) is 25.8 Å². The summed E-state index contributed by atoms with van der Waals surface area (Å²) in [5.41, 5.74) is 1.66. The van der Waals surface area contributed by atoms with E-state index in [0.717, 1.165) is 48.9 Å². The summed E-state index contributed by atoms with van der Waals surface area (Å²) in [7, 11) is 0. The molecule has 2 aromatic rings. The zero-order valence-electron chi connectivity index (χ0n) is 11.9. The van der Waals surface area contributed by atoms with E-state index in [1.165, 1.54) is 0 Å². The van der Waals surface area contributed by atoms with E-state index in [9.17, 15) is 4.79 Å². The van der Waals surface area contributed by atoms with Gasteiger partial charge in [0.05, 0.1) is 11.1 Å². The lowest BCUT2D eigenvalue weighted by Gasteiger charge is -2.32. The van der Waals surface area contributed by atoms with Crippen molar-refractivity contribution in [3.8, 4) is 0 Å². The molecule has 2 heterocycles. The number of likely N-dealkylation sites (tertiary alicyclic amines) is 1. The minimum Gasteiger partial charge on any atom is -0.361 e. The normalized spacial score (nSPS) is 20.1. The molecule has 1 fully saturated rings. The molecule has 1 aromatic heterocycles. The first-order chi connectivity index (χ1) is 9.78. The van der Waals surface area contributed by atoms with Crippen LogP contribution >= 0.6 is 0 Å². The minimum atomic E-state index is 0.0287. The number of aromatic nitrogens is 1. The van der Waals surface area contributed by atoms with E-state index >= 15 is 0 Å². The molecule has 0 bridgehead atoms. The molecule has 1 aliphatic heterocycles. The largest absolute Gasteiger partial charge is 0.361 e. The first-order valence-electron chi connectivity index (χ1n) is 7.37. The Balaban J connectivity index is 1.74. The number of benzene rings is 1. The molecular formula is C16H21N3O. The number of para-hydroxylation sites is 1. The summed E-state index contributed by atoms with van der Waals surface area (Å²) in [6, 6.07) is 8.09. The first-order valence-corrected chi connectivity index (χ1v) is 7.37. The van der Waals surface area contributed by atoms with Crippen molar-refractivity contribution in [1.82, 2.24) is 15.2 Å². The van der Waals surface area contributed by atoms with E-state index in [4.69, 9.17) is 0 Å². The number of aromatic amines is 1. The van der Waals surface area contributed by atoms with E-state index in [-0.39, 0.29) is 11.9 Å². The van der Waals surface area contributed by atoms with Gasteiger partial charge in [0.15, 0.2) is 0 Å². The summed E-state index contributed by atoms with van der Waals surface area (Å²) in [6.07, 6.45) is 4.11. The number of carbonyl (C=O) groups is 1. The second kappa shape index (κ2) is 5.67. The second-order valence-corrected chi connectivity index (χ2v) is 5.45. The van der Waals surface area contributed by atoms with Crippen LogP contribution in [0.3, 0.4) is 0 Å². The molecule has 0 radical (unpaired) electrons. The fourth-order valence-electron chi connectivity index (χ4n) is 3.00. The van der Waals surface area contributed by atoms with Crippen molar-refractivity contribution in [1.29, 1.82) is 0 Å². The standard InChI is InChI=1S/C16H21N3O/c1-2-19-10-4-6-13(11-19)18-16(20)14-7-3-5-12-8-9-17-15(12)14/h3,5,7-9,13,17H,2,4,6,10-11H2,1H3,(H,18,20). The minimum absolute atomic E-state index is 0.0287. The highest BCUT2D eigenvalue weighted by Crippen LogP contribution is 2.17. The first kappa shape index (κ1) is 13.2. The van der Waals surface area contributed by atoms with Crippen molar-refractivity contribution < 1.29 is 4.79 Å². The topological polar surface area (TPSA) is 48.1 Å². The van der Waals surface area contributed by atoms with Crippen LogP contribution in [0.2, 0.25) is 0 Å². The maximum Gasteiger partial charge on any atom is 0.253 e. The summed E-state index contributed by atoms with van der Waals surface area (Å²) in [5.74, 6) is 0.0287. The van der Waals surface area contributed by atoms with Crippen LogP contribution in [-0.2, 0) is 0 Å². The highest BCUT2D eigenvalue weighted by atomic mass is 16.1. The van der Waals surface area contributed by atoms with Gasteiger partial charge in [-0.1, -0.05) is 19.1 Å². The number of carbonyl (C=O) groups excluding carboxylic acids is 1. The van der Waals surface area contributed by atoms with Crippen LogP contribution in [0.5, 0.6) is 0 Å². The SMILES string of the molecule is CCN1CCCC(NC(=O)c2cccc3cc[nH]c23)C1. The van der Waals surface area contributed by atoms with Crippen LogP contribution in [0.4, 0.5) is 0 Å². The molecule has 1 aliphatic rings. The summed E-state index contributed by atoms with van der Waals surface area (Å²) in [4.78, 5) is 18.0. The molecule has 1 unspecified atom stereocenters. The van der Waals surface area contributed by atoms with Crippen LogP contribution in [0.1, 0.15) is 30.1 Å². The van der Waals surface area contributed by atoms with E-state index in [1.54, 1.807) is 0 Å². The Morgan fingerprint density at radius 1 is 1.45 bits per heavy atom. The molecule has 3 rings (SSSR count). The maximum atomic E-state index is 12.5. The van der Waals surface area contributed by atoms with Gasteiger partial charge in [0.1, 0.15) is 0 Å². The lowest BCUT2D eigenvalue weighted by atomic mass is 10.0.